The molecule has 1 aliphatic rings. The fourth-order valence-corrected chi connectivity index (χ4v) is 4.61. The molecule has 1 saturated heterocycles. The average molecular weight is 456 g/mol. The predicted octanol–water partition coefficient (Wildman–Crippen LogP) is 3.72. The summed E-state index contributed by atoms with van der Waals surface area (Å²) in [6.07, 6.45) is 6.02. The Morgan fingerprint density at radius 2 is 2.26 bits per heavy atom. The highest BCUT2D eigenvalue weighted by molar-refractivity contribution is 8.26. The molecule has 4 rings (SSSR count). The van der Waals surface area contributed by atoms with Crippen LogP contribution in [0.2, 0.25) is 0 Å². The minimum Gasteiger partial charge on any atom is -0.497 e. The van der Waals surface area contributed by atoms with Crippen LogP contribution in [0.4, 0.5) is 0 Å². The zero-order valence-electron chi connectivity index (χ0n) is 16.8. The van der Waals surface area contributed by atoms with Crippen molar-refractivity contribution in [3.63, 3.8) is 0 Å². The second kappa shape index (κ2) is 9.40. The molecule has 0 aliphatic carbocycles. The number of aromatic amines is 1. The summed E-state index contributed by atoms with van der Waals surface area (Å²) in [5.74, 6) is 1.06. The van der Waals surface area contributed by atoms with Crippen LogP contribution in [0.25, 0.3) is 17.0 Å². The van der Waals surface area contributed by atoms with Crippen molar-refractivity contribution in [2.24, 2.45) is 0 Å². The van der Waals surface area contributed by atoms with Gasteiger partial charge in [-0.15, -0.1) is 0 Å². The molecule has 1 fully saturated rings. The summed E-state index contributed by atoms with van der Waals surface area (Å²) in [4.78, 5) is 30.0. The fourth-order valence-electron chi connectivity index (χ4n) is 3.33. The molecule has 0 radical (unpaired) electrons. The molecule has 9 heteroatoms. The Hall–Kier alpha value is -3.04. The van der Waals surface area contributed by atoms with Gasteiger partial charge in [-0.05, 0) is 42.3 Å². The molecule has 0 atom stereocenters. The lowest BCUT2D eigenvalue weighted by atomic mass is 10.1. The lowest BCUT2D eigenvalue weighted by Gasteiger charge is -2.14. The average Bonchev–Trinajstić information content (AvgIpc) is 3.48. The molecule has 0 spiro atoms. The Bertz CT molecular complexity index is 1150. The molecule has 160 valence electrons. The molecule has 2 aromatic heterocycles. The van der Waals surface area contributed by atoms with Gasteiger partial charge in [-0.25, -0.2) is 0 Å². The fraction of sp³-hybridized carbons (Fsp3) is 0.227. The van der Waals surface area contributed by atoms with Gasteiger partial charge in [0.25, 0.3) is 5.91 Å². The number of hydrogen-bond donors (Lipinski definition) is 2. The van der Waals surface area contributed by atoms with Crippen LogP contribution in [0, 0.1) is 0 Å². The Morgan fingerprint density at radius 1 is 1.39 bits per heavy atom. The van der Waals surface area contributed by atoms with Crippen molar-refractivity contribution < 1.29 is 18.7 Å². The third-order valence-electron chi connectivity index (χ3n) is 4.94. The predicted molar refractivity (Wildman–Crippen MR) is 125 cm³/mol. The maximum Gasteiger partial charge on any atom is 0.266 e. The first-order valence-corrected chi connectivity index (χ1v) is 11.0. The van der Waals surface area contributed by atoms with Gasteiger partial charge in [-0.3, -0.25) is 14.5 Å². The number of carbonyl (C=O) groups excluding carboxylic acids is 2. The molecule has 0 saturated carbocycles. The highest BCUT2D eigenvalue weighted by atomic mass is 32.2. The number of benzene rings is 1. The topological polar surface area (TPSA) is 87.6 Å². The molecule has 1 aromatic carbocycles. The summed E-state index contributed by atoms with van der Waals surface area (Å²) in [6, 6.07) is 9.38. The summed E-state index contributed by atoms with van der Waals surface area (Å²) in [5.41, 5.74) is 2.13. The molecule has 0 bridgehead atoms. The van der Waals surface area contributed by atoms with Gasteiger partial charge in [0.05, 0.1) is 18.3 Å². The summed E-state index contributed by atoms with van der Waals surface area (Å²) in [7, 11) is 1.64. The Morgan fingerprint density at radius 3 is 3.03 bits per heavy atom. The van der Waals surface area contributed by atoms with E-state index in [1.165, 1.54) is 16.7 Å². The summed E-state index contributed by atoms with van der Waals surface area (Å²) in [6.45, 7) is 0.746. The van der Waals surface area contributed by atoms with E-state index in [-0.39, 0.29) is 24.8 Å². The van der Waals surface area contributed by atoms with Gasteiger partial charge in [0.1, 0.15) is 15.8 Å². The molecular weight excluding hydrogens is 434 g/mol. The number of fused-ring (bicyclic) bond motifs is 1. The van der Waals surface area contributed by atoms with Gasteiger partial charge in [0.2, 0.25) is 5.91 Å². The minimum absolute atomic E-state index is 0.124. The van der Waals surface area contributed by atoms with E-state index >= 15 is 0 Å². The van der Waals surface area contributed by atoms with Crippen LogP contribution in [0.5, 0.6) is 5.75 Å². The molecule has 2 N–H and O–H groups in total. The standard InChI is InChI=1S/C22H21N3O4S2/c1-28-15-4-5-18-17(11-15)14(13-24-18)6-8-23-20(26)7-9-25-21(27)19(31-22(25)30)12-16-3-2-10-29-16/h2-5,10-13,24H,6-9H2,1H3,(H,23,26)/b19-12+. The number of hydrogen-bond acceptors (Lipinski definition) is 6. The van der Waals surface area contributed by atoms with E-state index in [9.17, 15) is 9.59 Å². The molecule has 0 unspecified atom stereocenters. The van der Waals surface area contributed by atoms with E-state index in [0.29, 0.717) is 28.0 Å². The van der Waals surface area contributed by atoms with E-state index in [1.54, 1.807) is 31.6 Å². The number of carbonyl (C=O) groups is 2. The Labute approximate surface area is 188 Å². The number of nitrogens with zero attached hydrogens (tertiary/aromatic N) is 1. The van der Waals surface area contributed by atoms with Crippen molar-refractivity contribution in [1.82, 2.24) is 15.2 Å². The first kappa shape index (κ1) is 21.2. The van der Waals surface area contributed by atoms with Crippen LogP contribution in [0.15, 0.2) is 52.1 Å². The van der Waals surface area contributed by atoms with Gasteiger partial charge >= 0.3 is 0 Å². The van der Waals surface area contributed by atoms with Crippen LogP contribution < -0.4 is 10.1 Å². The second-order valence-corrected chi connectivity index (χ2v) is 8.60. The van der Waals surface area contributed by atoms with Crippen molar-refractivity contribution in [2.75, 3.05) is 20.2 Å². The quantitative estimate of drug-likeness (QED) is 0.398. The number of aromatic nitrogens is 1. The van der Waals surface area contributed by atoms with E-state index in [2.05, 4.69) is 10.3 Å². The maximum absolute atomic E-state index is 12.6. The monoisotopic (exact) mass is 455 g/mol. The maximum atomic E-state index is 12.6. The summed E-state index contributed by atoms with van der Waals surface area (Å²) < 4.78 is 11.0. The molecule has 31 heavy (non-hydrogen) atoms. The Balaban J connectivity index is 1.27. The first-order valence-electron chi connectivity index (χ1n) is 9.74. The number of H-pyrrole nitrogens is 1. The smallest absolute Gasteiger partial charge is 0.266 e. The normalized spacial score (nSPS) is 15.3. The minimum atomic E-state index is -0.202. The SMILES string of the molecule is COc1ccc2[nH]cc(CCNC(=O)CCN3C(=O)/C(=C\c4ccco4)SC3=S)c2c1. The number of methoxy groups -OCH3 is 1. The number of nitrogens with one attached hydrogen (secondary N) is 2. The van der Waals surface area contributed by atoms with Crippen LogP contribution in [-0.4, -0.2) is 46.2 Å². The van der Waals surface area contributed by atoms with Crippen molar-refractivity contribution in [1.29, 1.82) is 0 Å². The van der Waals surface area contributed by atoms with Gasteiger partial charge in [0, 0.05) is 42.7 Å². The van der Waals surface area contributed by atoms with Crippen molar-refractivity contribution in [3.05, 3.63) is 59.0 Å². The zero-order valence-corrected chi connectivity index (χ0v) is 18.5. The Kier molecular flexibility index (Phi) is 6.43. The second-order valence-electron chi connectivity index (χ2n) is 6.92. The molecule has 3 aromatic rings. The van der Waals surface area contributed by atoms with Gasteiger partial charge in [-0.1, -0.05) is 24.0 Å². The number of thioether (sulfide) groups is 1. The van der Waals surface area contributed by atoms with E-state index < -0.39 is 0 Å². The number of furan rings is 1. The van der Waals surface area contributed by atoms with Crippen molar-refractivity contribution in [2.45, 2.75) is 12.8 Å². The van der Waals surface area contributed by atoms with Crippen LogP contribution in [-0.2, 0) is 16.0 Å². The summed E-state index contributed by atoms with van der Waals surface area (Å²) in [5, 5.41) is 3.99. The van der Waals surface area contributed by atoms with Crippen molar-refractivity contribution in [3.8, 4) is 5.75 Å². The van der Waals surface area contributed by atoms with Crippen molar-refractivity contribution >= 4 is 57.1 Å². The van der Waals surface area contributed by atoms with Crippen LogP contribution >= 0.6 is 24.0 Å². The van der Waals surface area contributed by atoms with E-state index in [4.69, 9.17) is 21.4 Å². The van der Waals surface area contributed by atoms with Gasteiger partial charge in [0.15, 0.2) is 0 Å². The highest BCUT2D eigenvalue weighted by Gasteiger charge is 2.32. The largest absolute Gasteiger partial charge is 0.497 e. The van der Waals surface area contributed by atoms with Gasteiger partial charge < -0.3 is 19.5 Å². The van der Waals surface area contributed by atoms with Crippen LogP contribution in [0.3, 0.4) is 0 Å². The highest BCUT2D eigenvalue weighted by Crippen LogP contribution is 2.32. The molecule has 7 nitrogen and oxygen atoms in total. The third kappa shape index (κ3) is 4.83. The molecule has 1 aliphatic heterocycles. The molecular formula is C22H21N3O4S2. The number of amides is 2. The summed E-state index contributed by atoms with van der Waals surface area (Å²) >= 11 is 6.52. The van der Waals surface area contributed by atoms with E-state index in [1.807, 2.05) is 24.4 Å². The lowest BCUT2D eigenvalue weighted by Crippen LogP contribution is -2.34. The number of ether oxygens (including phenoxy) is 1. The number of thiocarbonyl (C=S) groups is 1. The number of rotatable bonds is 8. The molecule has 2 amide bonds. The lowest BCUT2D eigenvalue weighted by molar-refractivity contribution is -0.123. The zero-order chi connectivity index (χ0) is 21.8. The van der Waals surface area contributed by atoms with Gasteiger partial charge in [-0.2, -0.15) is 0 Å². The molecule has 3 heterocycles. The first-order chi connectivity index (χ1) is 15.0. The van der Waals surface area contributed by atoms with Crippen LogP contribution in [0.1, 0.15) is 17.7 Å². The van der Waals surface area contributed by atoms with E-state index in [0.717, 1.165) is 22.2 Å². The third-order valence-corrected chi connectivity index (χ3v) is 6.32.